The third-order valence-corrected chi connectivity index (χ3v) is 4.37. The molecule has 102 valence electrons. The molecule has 0 fully saturated rings. The van der Waals surface area contributed by atoms with Crippen molar-refractivity contribution in [3.63, 3.8) is 0 Å². The Bertz CT molecular complexity index is 398. The minimum atomic E-state index is -0.211. The Morgan fingerprint density at radius 1 is 1.33 bits per heavy atom. The van der Waals surface area contributed by atoms with Crippen LogP contribution in [0.25, 0.3) is 0 Å². The molecular formula is C15H23BrFN. The van der Waals surface area contributed by atoms with Crippen LogP contribution in [-0.4, -0.2) is 7.05 Å². The number of halogens is 2. The van der Waals surface area contributed by atoms with E-state index in [0.29, 0.717) is 10.4 Å². The molecule has 0 saturated heterocycles. The Morgan fingerprint density at radius 2 is 1.94 bits per heavy atom. The first-order valence-corrected chi connectivity index (χ1v) is 7.17. The van der Waals surface area contributed by atoms with Crippen LogP contribution in [0.5, 0.6) is 0 Å². The van der Waals surface area contributed by atoms with E-state index in [4.69, 9.17) is 0 Å². The molecule has 0 aliphatic heterocycles. The van der Waals surface area contributed by atoms with Gasteiger partial charge in [-0.3, -0.25) is 0 Å². The van der Waals surface area contributed by atoms with E-state index in [0.717, 1.165) is 12.0 Å². The first-order chi connectivity index (χ1) is 8.25. The van der Waals surface area contributed by atoms with Crippen LogP contribution in [0.1, 0.15) is 45.7 Å². The van der Waals surface area contributed by atoms with Crippen LogP contribution >= 0.6 is 15.9 Å². The average molecular weight is 316 g/mol. The molecule has 1 aromatic rings. The third-order valence-electron chi connectivity index (χ3n) is 3.76. The second kappa shape index (κ2) is 6.16. The molecule has 1 aromatic carbocycles. The van der Waals surface area contributed by atoms with Crippen LogP contribution < -0.4 is 5.32 Å². The molecule has 0 radical (unpaired) electrons. The SMILES string of the molecule is CNC(CC(C)C(C)(C)C)c1ccc(F)c(Br)c1. The zero-order chi connectivity index (χ0) is 13.9. The van der Waals surface area contributed by atoms with Gasteiger partial charge in [0, 0.05) is 6.04 Å². The van der Waals surface area contributed by atoms with Crippen molar-refractivity contribution in [3.05, 3.63) is 34.1 Å². The van der Waals surface area contributed by atoms with Gasteiger partial charge in [0.2, 0.25) is 0 Å². The minimum Gasteiger partial charge on any atom is -0.313 e. The lowest BCUT2D eigenvalue weighted by Crippen LogP contribution is -2.25. The Hall–Kier alpha value is -0.410. The fraction of sp³-hybridized carbons (Fsp3) is 0.600. The standard InChI is InChI=1S/C15H23BrFN/c1-10(15(2,3)4)8-14(18-5)11-6-7-13(17)12(16)9-11/h6-7,9-10,14,18H,8H2,1-5H3. The molecule has 18 heavy (non-hydrogen) atoms. The highest BCUT2D eigenvalue weighted by atomic mass is 79.9. The van der Waals surface area contributed by atoms with E-state index < -0.39 is 0 Å². The summed E-state index contributed by atoms with van der Waals surface area (Å²) in [6, 6.07) is 5.50. The molecule has 1 N–H and O–H groups in total. The van der Waals surface area contributed by atoms with E-state index in [9.17, 15) is 4.39 Å². The molecule has 2 unspecified atom stereocenters. The highest BCUT2D eigenvalue weighted by Gasteiger charge is 2.24. The van der Waals surface area contributed by atoms with Crippen LogP contribution in [0.2, 0.25) is 0 Å². The maximum atomic E-state index is 13.3. The summed E-state index contributed by atoms with van der Waals surface area (Å²) in [7, 11) is 1.96. The van der Waals surface area contributed by atoms with Crippen molar-refractivity contribution in [2.75, 3.05) is 7.05 Å². The maximum absolute atomic E-state index is 13.3. The van der Waals surface area contributed by atoms with Crippen molar-refractivity contribution >= 4 is 15.9 Å². The average Bonchev–Trinajstić information content (AvgIpc) is 2.28. The Labute approximate surface area is 118 Å². The first-order valence-electron chi connectivity index (χ1n) is 6.38. The van der Waals surface area contributed by atoms with Crippen LogP contribution in [0.3, 0.4) is 0 Å². The van der Waals surface area contributed by atoms with Crippen molar-refractivity contribution in [2.24, 2.45) is 11.3 Å². The number of nitrogens with one attached hydrogen (secondary N) is 1. The molecule has 0 aromatic heterocycles. The molecule has 0 spiro atoms. The van der Waals surface area contributed by atoms with E-state index in [1.807, 2.05) is 19.2 Å². The maximum Gasteiger partial charge on any atom is 0.137 e. The van der Waals surface area contributed by atoms with Gasteiger partial charge < -0.3 is 5.32 Å². The van der Waals surface area contributed by atoms with Gasteiger partial charge in [-0.1, -0.05) is 33.8 Å². The molecule has 3 heteroatoms. The molecule has 0 amide bonds. The third kappa shape index (κ3) is 4.06. The van der Waals surface area contributed by atoms with Gasteiger partial charge in [-0.05, 0) is 58.4 Å². The van der Waals surface area contributed by atoms with Gasteiger partial charge >= 0.3 is 0 Å². The Balaban J connectivity index is 2.86. The molecule has 1 nitrogen and oxygen atoms in total. The first kappa shape index (κ1) is 15.6. The van der Waals surface area contributed by atoms with Gasteiger partial charge in [0.1, 0.15) is 5.82 Å². The Kier molecular flexibility index (Phi) is 5.35. The van der Waals surface area contributed by atoms with Crippen LogP contribution in [0.15, 0.2) is 22.7 Å². The number of benzene rings is 1. The lowest BCUT2D eigenvalue weighted by molar-refractivity contribution is 0.226. The Morgan fingerprint density at radius 3 is 2.39 bits per heavy atom. The highest BCUT2D eigenvalue weighted by molar-refractivity contribution is 9.10. The molecule has 0 bridgehead atoms. The molecule has 0 heterocycles. The van der Waals surface area contributed by atoms with Crippen molar-refractivity contribution in [3.8, 4) is 0 Å². The second-order valence-corrected chi connectivity index (χ2v) is 6.87. The summed E-state index contributed by atoms with van der Waals surface area (Å²) >= 11 is 3.25. The quantitative estimate of drug-likeness (QED) is 0.831. The molecule has 0 aliphatic rings. The fourth-order valence-corrected chi connectivity index (χ4v) is 2.25. The van der Waals surface area contributed by atoms with Crippen molar-refractivity contribution in [2.45, 2.75) is 40.2 Å². The smallest absolute Gasteiger partial charge is 0.137 e. The van der Waals surface area contributed by atoms with Crippen LogP contribution in [-0.2, 0) is 0 Å². The lowest BCUT2D eigenvalue weighted by Gasteiger charge is -2.31. The number of rotatable bonds is 4. The van der Waals surface area contributed by atoms with E-state index in [1.54, 1.807) is 0 Å². The van der Waals surface area contributed by atoms with Gasteiger partial charge in [-0.25, -0.2) is 4.39 Å². The highest BCUT2D eigenvalue weighted by Crippen LogP contribution is 2.33. The monoisotopic (exact) mass is 315 g/mol. The zero-order valence-electron chi connectivity index (χ0n) is 11.8. The van der Waals surface area contributed by atoms with Gasteiger partial charge in [0.25, 0.3) is 0 Å². The minimum absolute atomic E-state index is 0.211. The molecule has 0 aliphatic carbocycles. The van der Waals surface area contributed by atoms with Crippen molar-refractivity contribution in [1.82, 2.24) is 5.32 Å². The summed E-state index contributed by atoms with van der Waals surface area (Å²) in [5, 5.41) is 3.32. The normalized spacial score (nSPS) is 15.5. The predicted octanol–water partition coefficient (Wildman–Crippen LogP) is 4.92. The van der Waals surface area contributed by atoms with Gasteiger partial charge in [0.05, 0.1) is 4.47 Å². The fourth-order valence-electron chi connectivity index (χ4n) is 1.86. The zero-order valence-corrected chi connectivity index (χ0v) is 13.4. The summed E-state index contributed by atoms with van der Waals surface area (Å²) in [5.74, 6) is 0.372. The van der Waals surface area contributed by atoms with Crippen molar-refractivity contribution < 1.29 is 4.39 Å². The largest absolute Gasteiger partial charge is 0.313 e. The molecular weight excluding hydrogens is 293 g/mol. The van der Waals surface area contributed by atoms with E-state index in [1.165, 1.54) is 6.07 Å². The molecule has 0 saturated carbocycles. The van der Waals surface area contributed by atoms with E-state index in [2.05, 4.69) is 48.9 Å². The topological polar surface area (TPSA) is 12.0 Å². The summed E-state index contributed by atoms with van der Waals surface area (Å²) < 4.78 is 13.8. The van der Waals surface area contributed by atoms with E-state index >= 15 is 0 Å². The van der Waals surface area contributed by atoms with Gasteiger partial charge in [0.15, 0.2) is 0 Å². The van der Waals surface area contributed by atoms with Crippen molar-refractivity contribution in [1.29, 1.82) is 0 Å². The number of hydrogen-bond donors (Lipinski definition) is 1. The summed E-state index contributed by atoms with van der Waals surface area (Å²) in [4.78, 5) is 0. The molecule has 1 rings (SSSR count). The summed E-state index contributed by atoms with van der Waals surface area (Å²) in [6.45, 7) is 9.03. The number of hydrogen-bond acceptors (Lipinski definition) is 1. The lowest BCUT2D eigenvalue weighted by atomic mass is 9.77. The summed E-state index contributed by atoms with van der Waals surface area (Å²) in [6.07, 6.45) is 1.04. The second-order valence-electron chi connectivity index (χ2n) is 6.02. The van der Waals surface area contributed by atoms with E-state index in [-0.39, 0.29) is 17.3 Å². The van der Waals surface area contributed by atoms with Crippen LogP contribution in [0, 0.1) is 17.2 Å². The molecule has 2 atom stereocenters. The van der Waals surface area contributed by atoms with Gasteiger partial charge in [-0.15, -0.1) is 0 Å². The van der Waals surface area contributed by atoms with Gasteiger partial charge in [-0.2, -0.15) is 0 Å². The van der Waals surface area contributed by atoms with Crippen LogP contribution in [0.4, 0.5) is 4.39 Å². The predicted molar refractivity (Wildman–Crippen MR) is 79.1 cm³/mol. The summed E-state index contributed by atoms with van der Waals surface area (Å²) in [5.41, 5.74) is 1.41.